The van der Waals surface area contributed by atoms with Crippen molar-refractivity contribution in [1.82, 2.24) is 9.78 Å². The predicted molar refractivity (Wildman–Crippen MR) is 99.9 cm³/mol. The fourth-order valence-corrected chi connectivity index (χ4v) is 3.42. The fourth-order valence-electron chi connectivity index (χ4n) is 3.42. The van der Waals surface area contributed by atoms with E-state index in [1.54, 1.807) is 41.1 Å². The fraction of sp³-hybridized carbons (Fsp3) is 0.190. The van der Waals surface area contributed by atoms with Gasteiger partial charge in [0.15, 0.2) is 11.5 Å². The highest BCUT2D eigenvalue weighted by atomic mass is 19.1. The number of aromatic nitrogens is 2. The van der Waals surface area contributed by atoms with Crippen molar-refractivity contribution in [2.75, 3.05) is 5.32 Å². The van der Waals surface area contributed by atoms with Gasteiger partial charge in [0.2, 0.25) is 0 Å². The number of nitrogens with one attached hydrogen (secondary N) is 1. The summed E-state index contributed by atoms with van der Waals surface area (Å²) in [5.41, 5.74) is 4.11. The Morgan fingerprint density at radius 2 is 1.89 bits per heavy atom. The summed E-state index contributed by atoms with van der Waals surface area (Å²) in [5.74, 6) is -0.687. The van der Waals surface area contributed by atoms with Gasteiger partial charge in [-0.3, -0.25) is 9.59 Å². The van der Waals surface area contributed by atoms with Crippen LogP contribution in [0.15, 0.2) is 48.5 Å². The van der Waals surface area contributed by atoms with Crippen LogP contribution in [0.1, 0.15) is 45.4 Å². The van der Waals surface area contributed by atoms with E-state index < -0.39 is 0 Å². The summed E-state index contributed by atoms with van der Waals surface area (Å²) in [4.78, 5) is 24.4. The number of halogens is 1. The van der Waals surface area contributed by atoms with Crippen molar-refractivity contribution >= 4 is 17.4 Å². The van der Waals surface area contributed by atoms with Gasteiger partial charge in [-0.05, 0) is 62.6 Å². The molecule has 1 amide bonds. The summed E-state index contributed by atoms with van der Waals surface area (Å²) in [6.07, 6.45) is 2.56. The normalized spacial score (nSPS) is 12.7. The lowest BCUT2D eigenvalue weighted by Crippen LogP contribution is -2.15. The number of nitrogens with zero attached hydrogens (tertiary/aromatic N) is 2. The van der Waals surface area contributed by atoms with E-state index in [0.717, 1.165) is 36.2 Å². The Morgan fingerprint density at radius 3 is 2.63 bits per heavy atom. The molecule has 5 nitrogen and oxygen atoms in total. The van der Waals surface area contributed by atoms with Crippen molar-refractivity contribution in [3.05, 3.63) is 76.9 Å². The Balaban J connectivity index is 1.67. The first-order valence-electron chi connectivity index (χ1n) is 8.82. The highest BCUT2D eigenvalue weighted by Gasteiger charge is 2.27. The second-order valence-corrected chi connectivity index (χ2v) is 6.61. The second kappa shape index (κ2) is 6.79. The molecule has 0 saturated heterocycles. The van der Waals surface area contributed by atoms with Crippen LogP contribution in [-0.4, -0.2) is 21.5 Å². The van der Waals surface area contributed by atoms with Gasteiger partial charge in [0.05, 0.1) is 5.69 Å². The monoisotopic (exact) mass is 363 g/mol. The Hall–Kier alpha value is -3.28. The molecular formula is C21H18FN3O2. The average Bonchev–Trinajstić information content (AvgIpc) is 3.25. The molecule has 0 fully saturated rings. The maximum Gasteiger partial charge on any atom is 0.276 e. The molecule has 27 heavy (non-hydrogen) atoms. The minimum Gasteiger partial charge on any atom is -0.321 e. The van der Waals surface area contributed by atoms with Crippen LogP contribution in [0, 0.1) is 5.82 Å². The summed E-state index contributed by atoms with van der Waals surface area (Å²) < 4.78 is 14.9. The molecule has 6 heteroatoms. The lowest BCUT2D eigenvalue weighted by Gasteiger charge is -2.06. The van der Waals surface area contributed by atoms with Gasteiger partial charge >= 0.3 is 0 Å². The molecule has 0 unspecified atom stereocenters. The minimum atomic E-state index is -0.314. The Bertz CT molecular complexity index is 1040. The number of Topliss-reactive ketones (excluding diaryl/α,β-unsaturated/α-hetero) is 1. The van der Waals surface area contributed by atoms with Crippen LogP contribution in [0.2, 0.25) is 0 Å². The zero-order valence-electron chi connectivity index (χ0n) is 14.8. The van der Waals surface area contributed by atoms with E-state index in [9.17, 15) is 14.0 Å². The third-order valence-electron chi connectivity index (χ3n) is 4.74. The first kappa shape index (κ1) is 17.1. The molecule has 1 aliphatic carbocycles. The van der Waals surface area contributed by atoms with E-state index in [1.165, 1.54) is 19.1 Å². The SMILES string of the molecule is CC(=O)c1cccc(NC(=O)c2nn(-c3ccc(F)cc3)c3c2CCC3)c1. The van der Waals surface area contributed by atoms with Crippen molar-refractivity contribution in [2.24, 2.45) is 0 Å². The van der Waals surface area contributed by atoms with Crippen LogP contribution in [0.3, 0.4) is 0 Å². The van der Waals surface area contributed by atoms with Gasteiger partial charge in [-0.15, -0.1) is 0 Å². The molecular weight excluding hydrogens is 345 g/mol. The molecule has 1 aliphatic rings. The molecule has 4 rings (SSSR count). The van der Waals surface area contributed by atoms with Crippen molar-refractivity contribution in [3.8, 4) is 5.69 Å². The Kier molecular flexibility index (Phi) is 4.32. The number of amides is 1. The van der Waals surface area contributed by atoms with E-state index in [0.29, 0.717) is 16.9 Å². The van der Waals surface area contributed by atoms with Gasteiger partial charge in [0.25, 0.3) is 5.91 Å². The average molecular weight is 363 g/mol. The number of ketones is 1. The number of benzene rings is 2. The number of carbonyl (C=O) groups excluding carboxylic acids is 2. The summed E-state index contributed by atoms with van der Waals surface area (Å²) in [6, 6.07) is 12.9. The number of hydrogen-bond donors (Lipinski definition) is 1. The van der Waals surface area contributed by atoms with Crippen molar-refractivity contribution in [2.45, 2.75) is 26.2 Å². The Morgan fingerprint density at radius 1 is 1.11 bits per heavy atom. The first-order valence-corrected chi connectivity index (χ1v) is 8.82. The molecule has 3 aromatic rings. The zero-order valence-corrected chi connectivity index (χ0v) is 14.8. The molecule has 0 bridgehead atoms. The number of anilines is 1. The van der Waals surface area contributed by atoms with Crippen molar-refractivity contribution in [3.63, 3.8) is 0 Å². The van der Waals surface area contributed by atoms with Crippen LogP contribution in [0.5, 0.6) is 0 Å². The number of rotatable bonds is 4. The van der Waals surface area contributed by atoms with Crippen molar-refractivity contribution in [1.29, 1.82) is 0 Å². The van der Waals surface area contributed by atoms with E-state index in [2.05, 4.69) is 10.4 Å². The highest BCUT2D eigenvalue weighted by Crippen LogP contribution is 2.28. The third-order valence-corrected chi connectivity index (χ3v) is 4.74. The molecule has 2 aromatic carbocycles. The van der Waals surface area contributed by atoms with Gasteiger partial charge in [0.1, 0.15) is 5.82 Å². The molecule has 1 N–H and O–H groups in total. The molecule has 0 aliphatic heterocycles. The van der Waals surface area contributed by atoms with E-state index in [1.807, 2.05) is 0 Å². The number of hydrogen-bond acceptors (Lipinski definition) is 3. The van der Waals surface area contributed by atoms with Crippen LogP contribution in [0.25, 0.3) is 5.69 Å². The molecule has 1 heterocycles. The zero-order chi connectivity index (χ0) is 19.0. The predicted octanol–water partition coefficient (Wildman–Crippen LogP) is 3.96. The van der Waals surface area contributed by atoms with Gasteiger partial charge in [-0.1, -0.05) is 12.1 Å². The Labute approximate surface area is 155 Å². The molecule has 0 saturated carbocycles. The molecule has 136 valence electrons. The summed E-state index contributed by atoms with van der Waals surface area (Å²) >= 11 is 0. The highest BCUT2D eigenvalue weighted by molar-refractivity contribution is 6.05. The lowest BCUT2D eigenvalue weighted by molar-refractivity contribution is 0.100. The van der Waals surface area contributed by atoms with Crippen LogP contribution in [0.4, 0.5) is 10.1 Å². The quantitative estimate of drug-likeness (QED) is 0.714. The largest absolute Gasteiger partial charge is 0.321 e. The van der Waals surface area contributed by atoms with Gasteiger partial charge in [-0.25, -0.2) is 9.07 Å². The van der Waals surface area contributed by atoms with E-state index in [4.69, 9.17) is 0 Å². The second-order valence-electron chi connectivity index (χ2n) is 6.61. The molecule has 0 spiro atoms. The van der Waals surface area contributed by atoms with Crippen LogP contribution < -0.4 is 5.32 Å². The lowest BCUT2D eigenvalue weighted by atomic mass is 10.1. The smallest absolute Gasteiger partial charge is 0.276 e. The topological polar surface area (TPSA) is 64.0 Å². The number of fused-ring (bicyclic) bond motifs is 1. The maximum atomic E-state index is 13.2. The molecule has 1 aromatic heterocycles. The summed E-state index contributed by atoms with van der Waals surface area (Å²) in [7, 11) is 0. The van der Waals surface area contributed by atoms with Gasteiger partial charge in [0, 0.05) is 22.5 Å². The van der Waals surface area contributed by atoms with Gasteiger partial charge in [-0.2, -0.15) is 5.10 Å². The first-order chi connectivity index (χ1) is 13.0. The van der Waals surface area contributed by atoms with Crippen LogP contribution >= 0.6 is 0 Å². The third kappa shape index (κ3) is 3.26. The standard InChI is InChI=1S/C21H18FN3O2/c1-13(26)14-4-2-5-16(12-14)23-21(27)20-18-6-3-7-19(18)25(24-20)17-10-8-15(22)9-11-17/h2,4-5,8-12H,3,6-7H2,1H3,(H,23,27). The van der Waals surface area contributed by atoms with Gasteiger partial charge < -0.3 is 5.32 Å². The molecule has 0 radical (unpaired) electrons. The van der Waals surface area contributed by atoms with Crippen molar-refractivity contribution < 1.29 is 14.0 Å². The summed E-state index contributed by atoms with van der Waals surface area (Å²) in [5, 5.41) is 7.33. The van der Waals surface area contributed by atoms with E-state index in [-0.39, 0.29) is 17.5 Å². The van der Waals surface area contributed by atoms with E-state index >= 15 is 0 Å². The van der Waals surface area contributed by atoms with Crippen LogP contribution in [-0.2, 0) is 12.8 Å². The molecule has 0 atom stereocenters. The number of carbonyl (C=O) groups is 2. The summed E-state index contributed by atoms with van der Waals surface area (Å²) in [6.45, 7) is 1.48. The maximum absolute atomic E-state index is 13.2. The minimum absolute atomic E-state index is 0.0624.